The number of nitro groups is 1. The predicted molar refractivity (Wildman–Crippen MR) is 129 cm³/mol. The summed E-state index contributed by atoms with van der Waals surface area (Å²) in [4.78, 5) is 24.6. The first kappa shape index (κ1) is 23.3. The van der Waals surface area contributed by atoms with Gasteiger partial charge in [-0.15, -0.1) is 0 Å². The standard InChI is InChI=1S/C13H9NO3.C12H10OS2/c15-13(10-6-2-1-3-7-10)11-8-4-5-9-12(11)14(16)17;1-3-7-11(8-4-1)14-13-15-12-9-5-2-6-10-12/h1-9H;1-10H. The summed E-state index contributed by atoms with van der Waals surface area (Å²) >= 11 is 2.76. The third-order valence-corrected chi connectivity index (χ3v) is 5.60. The lowest BCUT2D eigenvalue weighted by molar-refractivity contribution is -0.385. The molecule has 4 aromatic rings. The molecule has 5 nitrogen and oxygen atoms in total. The minimum Gasteiger partial charge on any atom is -0.288 e. The predicted octanol–water partition coefficient (Wildman–Crippen LogP) is 7.24. The third kappa shape index (κ3) is 7.09. The molecule has 4 rings (SSSR count). The van der Waals surface area contributed by atoms with Gasteiger partial charge in [0.05, 0.1) is 4.92 Å². The van der Waals surface area contributed by atoms with Crippen LogP contribution in [0.2, 0.25) is 0 Å². The topological polar surface area (TPSA) is 69.4 Å². The SMILES string of the molecule is O=C(c1ccccc1)c1ccccc1[N+](=O)[O-].c1ccc(SOSc2ccccc2)cc1. The fourth-order valence-corrected chi connectivity index (χ4v) is 3.92. The van der Waals surface area contributed by atoms with E-state index >= 15 is 0 Å². The molecule has 32 heavy (non-hydrogen) atoms. The van der Waals surface area contributed by atoms with E-state index in [1.165, 1.54) is 36.2 Å². The van der Waals surface area contributed by atoms with Gasteiger partial charge in [-0.25, -0.2) is 3.63 Å². The van der Waals surface area contributed by atoms with Crippen LogP contribution in [0.1, 0.15) is 15.9 Å². The molecule has 0 bridgehead atoms. The number of hydrogen-bond acceptors (Lipinski definition) is 6. The van der Waals surface area contributed by atoms with Gasteiger partial charge in [-0.3, -0.25) is 14.9 Å². The summed E-state index contributed by atoms with van der Waals surface area (Å²) in [5, 5.41) is 10.8. The van der Waals surface area contributed by atoms with E-state index in [9.17, 15) is 14.9 Å². The van der Waals surface area contributed by atoms with Gasteiger partial charge in [0.15, 0.2) is 5.78 Å². The fourth-order valence-electron chi connectivity index (χ4n) is 2.62. The van der Waals surface area contributed by atoms with Crippen LogP contribution in [0.5, 0.6) is 0 Å². The largest absolute Gasteiger partial charge is 0.288 e. The van der Waals surface area contributed by atoms with Crippen LogP contribution in [0, 0.1) is 10.1 Å². The molecule has 0 fully saturated rings. The number of para-hydroxylation sites is 1. The van der Waals surface area contributed by atoms with Crippen LogP contribution < -0.4 is 0 Å². The quantitative estimate of drug-likeness (QED) is 0.125. The second-order valence-electron chi connectivity index (χ2n) is 6.33. The van der Waals surface area contributed by atoms with E-state index in [2.05, 4.69) is 0 Å². The first-order chi connectivity index (χ1) is 15.6. The van der Waals surface area contributed by atoms with E-state index in [4.69, 9.17) is 3.63 Å². The Morgan fingerprint density at radius 1 is 0.656 bits per heavy atom. The van der Waals surface area contributed by atoms with E-state index in [0.717, 1.165) is 9.79 Å². The summed E-state index contributed by atoms with van der Waals surface area (Å²) in [6, 6.07) is 34.5. The Balaban J connectivity index is 0.000000182. The first-order valence-electron chi connectivity index (χ1n) is 9.59. The lowest BCUT2D eigenvalue weighted by atomic mass is 10.0. The van der Waals surface area contributed by atoms with Gasteiger partial charge in [-0.2, -0.15) is 0 Å². The van der Waals surface area contributed by atoms with Crippen molar-refractivity contribution in [2.24, 2.45) is 0 Å². The molecule has 160 valence electrons. The molecule has 0 saturated carbocycles. The van der Waals surface area contributed by atoms with Crippen LogP contribution in [0.4, 0.5) is 5.69 Å². The van der Waals surface area contributed by atoms with Crippen LogP contribution in [-0.4, -0.2) is 10.7 Å². The molecular weight excluding hydrogens is 442 g/mol. The van der Waals surface area contributed by atoms with E-state index in [0.29, 0.717) is 5.56 Å². The summed E-state index contributed by atoms with van der Waals surface area (Å²) < 4.78 is 5.44. The van der Waals surface area contributed by atoms with Crippen LogP contribution in [-0.2, 0) is 3.63 Å². The van der Waals surface area contributed by atoms with E-state index < -0.39 is 4.92 Å². The third-order valence-electron chi connectivity index (χ3n) is 4.13. The number of ketones is 1. The zero-order chi connectivity index (χ0) is 22.6. The molecule has 0 unspecified atom stereocenters. The Morgan fingerprint density at radius 2 is 1.09 bits per heavy atom. The average Bonchev–Trinajstić information content (AvgIpc) is 2.86. The van der Waals surface area contributed by atoms with Crippen molar-refractivity contribution in [3.8, 4) is 0 Å². The molecule has 0 aliphatic heterocycles. The highest BCUT2D eigenvalue weighted by molar-refractivity contribution is 8.07. The Morgan fingerprint density at radius 3 is 1.59 bits per heavy atom. The molecule has 0 atom stereocenters. The van der Waals surface area contributed by atoms with Gasteiger partial charge in [0, 0.05) is 45.5 Å². The summed E-state index contributed by atoms with van der Waals surface area (Å²) in [7, 11) is 0. The Kier molecular flexibility index (Phi) is 9.06. The number of nitrogens with zero attached hydrogens (tertiary/aromatic N) is 1. The number of benzene rings is 4. The van der Waals surface area contributed by atoms with Crippen LogP contribution in [0.25, 0.3) is 0 Å². The number of rotatable bonds is 7. The maximum atomic E-state index is 12.1. The van der Waals surface area contributed by atoms with Crippen molar-refractivity contribution < 1.29 is 13.3 Å². The molecular formula is C25H19NO4S2. The lowest BCUT2D eigenvalue weighted by Crippen LogP contribution is -2.04. The van der Waals surface area contributed by atoms with Gasteiger partial charge >= 0.3 is 0 Å². The molecule has 0 aliphatic rings. The van der Waals surface area contributed by atoms with Crippen molar-refractivity contribution in [1.82, 2.24) is 0 Å². The Bertz CT molecular complexity index is 1100. The molecule has 4 aromatic carbocycles. The fraction of sp³-hybridized carbons (Fsp3) is 0. The average molecular weight is 462 g/mol. The van der Waals surface area contributed by atoms with Crippen LogP contribution >= 0.6 is 24.1 Å². The second kappa shape index (κ2) is 12.5. The smallest absolute Gasteiger partial charge is 0.280 e. The maximum Gasteiger partial charge on any atom is 0.280 e. The van der Waals surface area contributed by atoms with Crippen molar-refractivity contribution in [2.45, 2.75) is 9.79 Å². The van der Waals surface area contributed by atoms with Crippen LogP contribution in [0.15, 0.2) is 125 Å². The van der Waals surface area contributed by atoms with Crippen molar-refractivity contribution >= 4 is 35.6 Å². The summed E-state index contributed by atoms with van der Waals surface area (Å²) in [6.45, 7) is 0. The highest BCUT2D eigenvalue weighted by Gasteiger charge is 2.19. The van der Waals surface area contributed by atoms with Crippen molar-refractivity contribution in [2.75, 3.05) is 0 Å². The summed E-state index contributed by atoms with van der Waals surface area (Å²) in [5.74, 6) is -0.335. The molecule has 0 amide bonds. The van der Waals surface area contributed by atoms with Gasteiger partial charge < -0.3 is 0 Å². The van der Waals surface area contributed by atoms with Crippen molar-refractivity contribution in [1.29, 1.82) is 0 Å². The second-order valence-corrected chi connectivity index (χ2v) is 8.15. The molecule has 0 N–H and O–H groups in total. The Hall–Kier alpha value is -3.39. The van der Waals surface area contributed by atoms with E-state index in [1.807, 2.05) is 60.7 Å². The Labute approximate surface area is 195 Å². The van der Waals surface area contributed by atoms with Gasteiger partial charge in [-0.05, 0) is 30.3 Å². The van der Waals surface area contributed by atoms with Crippen molar-refractivity contribution in [3.63, 3.8) is 0 Å². The van der Waals surface area contributed by atoms with Crippen molar-refractivity contribution in [3.05, 3.63) is 137 Å². The highest BCUT2D eigenvalue weighted by Crippen LogP contribution is 2.29. The zero-order valence-corrected chi connectivity index (χ0v) is 18.5. The minimum absolute atomic E-state index is 0.115. The molecule has 0 saturated heterocycles. The lowest BCUT2D eigenvalue weighted by Gasteiger charge is -2.01. The molecule has 0 aliphatic carbocycles. The zero-order valence-electron chi connectivity index (χ0n) is 16.9. The first-order valence-corrected chi connectivity index (χ1v) is 11.1. The molecule has 7 heteroatoms. The molecule has 0 radical (unpaired) electrons. The van der Waals surface area contributed by atoms with E-state index in [1.54, 1.807) is 42.5 Å². The minimum atomic E-state index is -0.545. The highest BCUT2D eigenvalue weighted by atomic mass is 32.2. The number of hydrogen-bond donors (Lipinski definition) is 0. The maximum absolute atomic E-state index is 12.1. The number of carbonyl (C=O) groups excluding carboxylic acids is 1. The van der Waals surface area contributed by atoms with Gasteiger partial charge in [-0.1, -0.05) is 78.9 Å². The summed E-state index contributed by atoms with van der Waals surface area (Å²) in [6.07, 6.45) is 0. The van der Waals surface area contributed by atoms with E-state index in [-0.39, 0.29) is 17.0 Å². The monoisotopic (exact) mass is 461 g/mol. The summed E-state index contributed by atoms with van der Waals surface area (Å²) in [5.41, 5.74) is 0.395. The molecule has 0 spiro atoms. The normalized spacial score (nSPS) is 10.0. The van der Waals surface area contributed by atoms with Crippen LogP contribution in [0.3, 0.4) is 0 Å². The number of carbonyl (C=O) groups is 1. The molecule has 0 aromatic heterocycles. The number of nitro benzene ring substituents is 1. The van der Waals surface area contributed by atoms with Gasteiger partial charge in [0.1, 0.15) is 5.56 Å². The van der Waals surface area contributed by atoms with Gasteiger partial charge in [0.2, 0.25) is 0 Å². The molecule has 0 heterocycles. The van der Waals surface area contributed by atoms with Gasteiger partial charge in [0.25, 0.3) is 5.69 Å².